The van der Waals surface area contributed by atoms with Crippen LogP contribution >= 0.6 is 0 Å². The van der Waals surface area contributed by atoms with Crippen LogP contribution in [-0.2, 0) is 6.18 Å². The van der Waals surface area contributed by atoms with E-state index in [0.29, 0.717) is 5.69 Å². The summed E-state index contributed by atoms with van der Waals surface area (Å²) < 4.78 is 38.3. The van der Waals surface area contributed by atoms with Crippen molar-refractivity contribution in [3.8, 4) is 0 Å². The molecule has 4 rings (SSSR count). The summed E-state index contributed by atoms with van der Waals surface area (Å²) in [6.07, 6.45) is 6.55. The van der Waals surface area contributed by atoms with Gasteiger partial charge in [0.25, 0.3) is 0 Å². The first-order chi connectivity index (χ1) is 11.3. The fourth-order valence-corrected chi connectivity index (χ4v) is 3.89. The molecule has 3 aliphatic rings. The summed E-state index contributed by atoms with van der Waals surface area (Å²) in [5.74, 6) is 0.00444. The van der Waals surface area contributed by atoms with Crippen molar-refractivity contribution in [3.63, 3.8) is 0 Å². The first-order valence-electron chi connectivity index (χ1n) is 7.74. The van der Waals surface area contributed by atoms with E-state index in [1.807, 2.05) is 43.4 Å². The standard InChI is InChI=1S/C19H16F3NO/c1-18-11-3-5-12-4-2-6-15(16(12)18)23(17(18)24)14-9-7-13(8-10-14)19(20,21)22/h2-11,16-17,24H,1H3. The predicted octanol–water partition coefficient (Wildman–Crippen LogP) is 4.42. The summed E-state index contributed by atoms with van der Waals surface area (Å²) in [6.45, 7) is 1.98. The highest BCUT2D eigenvalue weighted by molar-refractivity contribution is 5.63. The van der Waals surface area contributed by atoms with Gasteiger partial charge in [0.15, 0.2) is 0 Å². The van der Waals surface area contributed by atoms with Gasteiger partial charge in [-0.3, -0.25) is 0 Å². The molecule has 1 aromatic rings. The molecule has 3 unspecified atom stereocenters. The Bertz CT molecular complexity index is 801. The number of aliphatic hydroxyl groups is 1. The molecule has 1 N–H and O–H groups in total. The summed E-state index contributed by atoms with van der Waals surface area (Å²) >= 11 is 0. The second-order valence-electron chi connectivity index (χ2n) is 6.56. The van der Waals surface area contributed by atoms with Gasteiger partial charge >= 0.3 is 6.18 Å². The van der Waals surface area contributed by atoms with Crippen LogP contribution in [0.15, 0.2) is 72.0 Å². The number of alkyl halides is 3. The van der Waals surface area contributed by atoms with E-state index < -0.39 is 23.4 Å². The van der Waals surface area contributed by atoms with Gasteiger partial charge in [0, 0.05) is 22.7 Å². The van der Waals surface area contributed by atoms with Crippen LogP contribution < -0.4 is 4.90 Å². The minimum absolute atomic E-state index is 0.00444. The molecule has 1 heterocycles. The Kier molecular flexibility index (Phi) is 3.09. The third kappa shape index (κ3) is 2.01. The smallest absolute Gasteiger partial charge is 0.372 e. The molecule has 5 heteroatoms. The van der Waals surface area contributed by atoms with Crippen molar-refractivity contribution >= 4 is 5.69 Å². The van der Waals surface area contributed by atoms with Crippen LogP contribution in [0.25, 0.3) is 0 Å². The number of anilines is 1. The lowest BCUT2D eigenvalue weighted by molar-refractivity contribution is -0.137. The normalized spacial score (nSPS) is 31.0. The zero-order valence-corrected chi connectivity index (χ0v) is 13.0. The lowest BCUT2D eigenvalue weighted by Gasteiger charge is -2.33. The molecule has 124 valence electrons. The highest BCUT2D eigenvalue weighted by Crippen LogP contribution is 2.55. The Balaban J connectivity index is 1.79. The number of halogens is 3. The molecule has 1 aliphatic heterocycles. The van der Waals surface area contributed by atoms with Crippen molar-refractivity contribution in [3.05, 3.63) is 77.6 Å². The van der Waals surface area contributed by atoms with Gasteiger partial charge in [-0.1, -0.05) is 37.3 Å². The van der Waals surface area contributed by atoms with Gasteiger partial charge in [0.05, 0.1) is 5.56 Å². The first-order valence-corrected chi connectivity index (χ1v) is 7.74. The predicted molar refractivity (Wildman–Crippen MR) is 86.0 cm³/mol. The maximum absolute atomic E-state index is 12.8. The van der Waals surface area contributed by atoms with Crippen molar-refractivity contribution in [1.82, 2.24) is 0 Å². The molecule has 0 bridgehead atoms. The number of hydrogen-bond acceptors (Lipinski definition) is 2. The molecule has 0 amide bonds. The molecule has 1 aromatic carbocycles. The molecule has 0 spiro atoms. The fourth-order valence-electron chi connectivity index (χ4n) is 3.89. The lowest BCUT2D eigenvalue weighted by atomic mass is 9.69. The average molecular weight is 331 g/mol. The molecule has 3 atom stereocenters. The molecule has 1 fully saturated rings. The highest BCUT2D eigenvalue weighted by Gasteiger charge is 2.54. The van der Waals surface area contributed by atoms with E-state index in [2.05, 4.69) is 0 Å². The number of nitrogens with zero attached hydrogens (tertiary/aromatic N) is 1. The first kappa shape index (κ1) is 15.3. The third-order valence-corrected chi connectivity index (χ3v) is 5.10. The van der Waals surface area contributed by atoms with Gasteiger partial charge < -0.3 is 10.0 Å². The summed E-state index contributed by atoms with van der Waals surface area (Å²) in [5, 5.41) is 10.9. The van der Waals surface area contributed by atoms with Crippen LogP contribution in [0.1, 0.15) is 12.5 Å². The van der Waals surface area contributed by atoms with Gasteiger partial charge in [-0.05, 0) is 35.9 Å². The van der Waals surface area contributed by atoms with E-state index in [1.54, 1.807) is 4.90 Å². The number of rotatable bonds is 1. The number of benzene rings is 1. The van der Waals surface area contributed by atoms with Gasteiger partial charge in [0.1, 0.15) is 6.23 Å². The quantitative estimate of drug-likeness (QED) is 0.824. The molecule has 0 saturated carbocycles. The van der Waals surface area contributed by atoms with Crippen molar-refractivity contribution in [2.24, 2.45) is 11.3 Å². The molecular formula is C19H16F3NO. The van der Waals surface area contributed by atoms with Crippen molar-refractivity contribution in [2.45, 2.75) is 19.3 Å². The van der Waals surface area contributed by atoms with E-state index in [-0.39, 0.29) is 5.92 Å². The largest absolute Gasteiger partial charge is 0.416 e. The topological polar surface area (TPSA) is 23.5 Å². The van der Waals surface area contributed by atoms with Crippen LogP contribution in [-0.4, -0.2) is 11.3 Å². The molecule has 2 aliphatic carbocycles. The summed E-state index contributed by atoms with van der Waals surface area (Å²) in [4.78, 5) is 1.73. The summed E-state index contributed by atoms with van der Waals surface area (Å²) in [5.41, 5.74) is 1.36. The fraction of sp³-hybridized carbons (Fsp3) is 0.263. The van der Waals surface area contributed by atoms with Crippen molar-refractivity contribution in [2.75, 3.05) is 4.90 Å². The Morgan fingerprint density at radius 3 is 2.46 bits per heavy atom. The minimum Gasteiger partial charge on any atom is -0.372 e. The van der Waals surface area contributed by atoms with E-state index in [1.165, 1.54) is 12.1 Å². The second kappa shape index (κ2) is 4.86. The van der Waals surface area contributed by atoms with Gasteiger partial charge in [-0.15, -0.1) is 0 Å². The van der Waals surface area contributed by atoms with Crippen LogP contribution in [0.5, 0.6) is 0 Å². The van der Waals surface area contributed by atoms with E-state index in [0.717, 1.165) is 23.4 Å². The zero-order valence-electron chi connectivity index (χ0n) is 13.0. The average Bonchev–Trinajstić information content (AvgIpc) is 2.77. The Hall–Kier alpha value is -2.27. The SMILES string of the molecule is CC12C=CC=C3C=CC=C(C31)N(c1ccc(C(F)(F)F)cc1)C2O. The van der Waals surface area contributed by atoms with Crippen LogP contribution in [0.3, 0.4) is 0 Å². The third-order valence-electron chi connectivity index (χ3n) is 5.10. The number of hydrogen-bond donors (Lipinski definition) is 1. The van der Waals surface area contributed by atoms with Crippen LogP contribution in [0.4, 0.5) is 18.9 Å². The second-order valence-corrected chi connectivity index (χ2v) is 6.56. The maximum Gasteiger partial charge on any atom is 0.416 e. The minimum atomic E-state index is -4.37. The van der Waals surface area contributed by atoms with E-state index in [4.69, 9.17) is 0 Å². The Labute approximate surface area is 137 Å². The molecule has 0 radical (unpaired) electrons. The molecule has 24 heavy (non-hydrogen) atoms. The van der Waals surface area contributed by atoms with Crippen molar-refractivity contribution in [1.29, 1.82) is 0 Å². The van der Waals surface area contributed by atoms with Crippen LogP contribution in [0.2, 0.25) is 0 Å². The summed E-state index contributed by atoms with van der Waals surface area (Å²) in [7, 11) is 0. The number of allylic oxidation sites excluding steroid dienone is 6. The molecule has 1 saturated heterocycles. The van der Waals surface area contributed by atoms with Gasteiger partial charge in [-0.2, -0.15) is 13.2 Å². The highest BCUT2D eigenvalue weighted by atomic mass is 19.4. The zero-order chi connectivity index (χ0) is 17.1. The van der Waals surface area contributed by atoms with Crippen molar-refractivity contribution < 1.29 is 18.3 Å². The van der Waals surface area contributed by atoms with E-state index >= 15 is 0 Å². The van der Waals surface area contributed by atoms with E-state index in [9.17, 15) is 18.3 Å². The van der Waals surface area contributed by atoms with Gasteiger partial charge in [0.2, 0.25) is 0 Å². The van der Waals surface area contributed by atoms with Gasteiger partial charge in [-0.25, -0.2) is 0 Å². The molecule has 0 aromatic heterocycles. The lowest BCUT2D eigenvalue weighted by Crippen LogP contribution is -2.38. The monoisotopic (exact) mass is 331 g/mol. The number of aliphatic hydroxyl groups excluding tert-OH is 1. The Morgan fingerprint density at radius 2 is 1.79 bits per heavy atom. The molecule has 2 nitrogen and oxygen atoms in total. The maximum atomic E-state index is 12.8. The van der Waals surface area contributed by atoms with Crippen LogP contribution in [0, 0.1) is 11.3 Å². The molecular weight excluding hydrogens is 315 g/mol. The summed E-state index contributed by atoms with van der Waals surface area (Å²) in [6, 6.07) is 4.94. The Morgan fingerprint density at radius 1 is 1.08 bits per heavy atom.